The Balaban J connectivity index is 1.80. The number of carbonyl (C=O) groups is 1. The van der Waals surface area contributed by atoms with Gasteiger partial charge >= 0.3 is 0 Å². The molecule has 0 aliphatic heterocycles. The molecule has 0 aliphatic rings. The fourth-order valence-electron chi connectivity index (χ4n) is 2.83. The quantitative estimate of drug-likeness (QED) is 0.290. The van der Waals surface area contributed by atoms with Crippen LogP contribution in [0.1, 0.15) is 23.6 Å². The maximum Gasteiger partial charge on any atom is 0.266 e. The first kappa shape index (κ1) is 22.6. The summed E-state index contributed by atoms with van der Waals surface area (Å²) in [6.07, 6.45) is 2.40. The van der Waals surface area contributed by atoms with Crippen molar-refractivity contribution in [2.75, 3.05) is 5.32 Å². The van der Waals surface area contributed by atoms with Gasteiger partial charge in [-0.05, 0) is 66.1 Å². The average Bonchev–Trinajstić information content (AvgIpc) is 2.78. The molecule has 3 aromatic rings. The zero-order valence-electron chi connectivity index (χ0n) is 16.9. The van der Waals surface area contributed by atoms with Gasteiger partial charge in [-0.15, -0.1) is 0 Å². The number of aryl methyl sites for hydroxylation is 1. The van der Waals surface area contributed by atoms with E-state index in [1.54, 1.807) is 18.2 Å². The summed E-state index contributed by atoms with van der Waals surface area (Å²) in [5.74, 6) is 0.0331. The SMILES string of the molecule is CCc1ccc(NC(=O)/C(C#N)=C/c2cc(Cl)ccc2OCc2ccc(Br)cc2)cc1. The number of nitriles is 1. The molecule has 6 heteroatoms. The number of amides is 1. The number of ether oxygens (including phenoxy) is 1. The van der Waals surface area contributed by atoms with Crippen molar-refractivity contribution in [3.05, 3.63) is 98.5 Å². The zero-order chi connectivity index (χ0) is 22.2. The largest absolute Gasteiger partial charge is 0.488 e. The fourth-order valence-corrected chi connectivity index (χ4v) is 3.28. The van der Waals surface area contributed by atoms with E-state index in [2.05, 4.69) is 28.2 Å². The molecule has 0 radical (unpaired) electrons. The van der Waals surface area contributed by atoms with Gasteiger partial charge in [-0.3, -0.25) is 4.79 Å². The van der Waals surface area contributed by atoms with E-state index in [1.807, 2.05) is 54.6 Å². The first-order chi connectivity index (χ1) is 15.0. The third-order valence-corrected chi connectivity index (χ3v) is 5.33. The second-order valence-electron chi connectivity index (χ2n) is 6.77. The Morgan fingerprint density at radius 1 is 1.10 bits per heavy atom. The van der Waals surface area contributed by atoms with Gasteiger partial charge in [-0.25, -0.2) is 0 Å². The number of hydrogen-bond acceptors (Lipinski definition) is 3. The molecule has 0 unspecified atom stereocenters. The summed E-state index contributed by atoms with van der Waals surface area (Å²) >= 11 is 9.55. The summed E-state index contributed by atoms with van der Waals surface area (Å²) < 4.78 is 6.91. The molecule has 0 atom stereocenters. The first-order valence-corrected chi connectivity index (χ1v) is 10.8. The van der Waals surface area contributed by atoms with Crippen LogP contribution < -0.4 is 10.1 Å². The van der Waals surface area contributed by atoms with Gasteiger partial charge in [0.2, 0.25) is 0 Å². The van der Waals surface area contributed by atoms with Crippen molar-refractivity contribution >= 4 is 45.2 Å². The number of rotatable bonds is 7. The lowest BCUT2D eigenvalue weighted by atomic mass is 10.1. The third kappa shape index (κ3) is 6.45. The van der Waals surface area contributed by atoms with Crippen LogP contribution in [0.2, 0.25) is 5.02 Å². The normalized spacial score (nSPS) is 11.0. The Kier molecular flexibility index (Phi) is 7.88. The molecule has 0 saturated heterocycles. The van der Waals surface area contributed by atoms with Gasteiger partial charge < -0.3 is 10.1 Å². The number of benzene rings is 3. The monoisotopic (exact) mass is 494 g/mol. The van der Waals surface area contributed by atoms with Crippen LogP contribution in [0.3, 0.4) is 0 Å². The Morgan fingerprint density at radius 3 is 2.42 bits per heavy atom. The van der Waals surface area contributed by atoms with Crippen LogP contribution in [-0.2, 0) is 17.8 Å². The van der Waals surface area contributed by atoms with E-state index in [0.717, 1.165) is 16.5 Å². The van der Waals surface area contributed by atoms with E-state index >= 15 is 0 Å². The Labute approximate surface area is 195 Å². The molecule has 156 valence electrons. The molecule has 1 N–H and O–H groups in total. The van der Waals surface area contributed by atoms with Crippen molar-refractivity contribution in [1.29, 1.82) is 5.26 Å². The maximum absolute atomic E-state index is 12.6. The second-order valence-corrected chi connectivity index (χ2v) is 8.12. The van der Waals surface area contributed by atoms with Crippen molar-refractivity contribution in [1.82, 2.24) is 0 Å². The van der Waals surface area contributed by atoms with Gasteiger partial charge in [-0.1, -0.05) is 58.7 Å². The van der Waals surface area contributed by atoms with Crippen LogP contribution in [-0.4, -0.2) is 5.91 Å². The van der Waals surface area contributed by atoms with Crippen molar-refractivity contribution in [2.45, 2.75) is 20.0 Å². The third-order valence-electron chi connectivity index (χ3n) is 4.56. The summed E-state index contributed by atoms with van der Waals surface area (Å²) in [6, 6.07) is 22.4. The number of carbonyl (C=O) groups excluding carboxylic acids is 1. The standard InChI is InChI=1S/C25H20BrClN2O2/c1-2-17-5-10-23(11-6-17)29-25(30)20(15-28)13-19-14-22(27)9-12-24(19)31-16-18-3-7-21(26)8-4-18/h3-14H,2,16H2,1H3,(H,29,30)/b20-13+. The van der Waals surface area contributed by atoms with Crippen LogP contribution >= 0.6 is 27.5 Å². The van der Waals surface area contributed by atoms with Crippen LogP contribution in [0.25, 0.3) is 6.08 Å². The summed E-state index contributed by atoms with van der Waals surface area (Å²) in [7, 11) is 0. The molecular formula is C25H20BrClN2O2. The number of nitrogens with zero attached hydrogens (tertiary/aromatic N) is 1. The number of anilines is 1. The molecule has 0 spiro atoms. The van der Waals surface area contributed by atoms with Gasteiger partial charge in [0, 0.05) is 20.7 Å². The minimum atomic E-state index is -0.495. The highest BCUT2D eigenvalue weighted by molar-refractivity contribution is 9.10. The van der Waals surface area contributed by atoms with Gasteiger partial charge in [0.25, 0.3) is 5.91 Å². The molecule has 31 heavy (non-hydrogen) atoms. The first-order valence-electron chi connectivity index (χ1n) is 9.67. The highest BCUT2D eigenvalue weighted by Gasteiger charge is 2.12. The lowest BCUT2D eigenvalue weighted by Gasteiger charge is -2.11. The summed E-state index contributed by atoms with van der Waals surface area (Å²) in [6.45, 7) is 2.40. The molecule has 0 fully saturated rings. The lowest BCUT2D eigenvalue weighted by Crippen LogP contribution is -2.13. The zero-order valence-corrected chi connectivity index (χ0v) is 19.2. The smallest absolute Gasteiger partial charge is 0.266 e. The molecule has 3 rings (SSSR count). The van der Waals surface area contributed by atoms with E-state index in [-0.39, 0.29) is 5.57 Å². The molecule has 0 bridgehead atoms. The van der Waals surface area contributed by atoms with Gasteiger partial charge in [-0.2, -0.15) is 5.26 Å². The summed E-state index contributed by atoms with van der Waals surface area (Å²) in [5, 5.41) is 12.8. The predicted molar refractivity (Wildman–Crippen MR) is 128 cm³/mol. The maximum atomic E-state index is 12.6. The van der Waals surface area contributed by atoms with Crippen LogP contribution in [0, 0.1) is 11.3 Å². The predicted octanol–water partition coefficient (Wildman–Crippen LogP) is 6.79. The molecule has 1 amide bonds. The second kappa shape index (κ2) is 10.8. The van der Waals surface area contributed by atoms with E-state index in [4.69, 9.17) is 16.3 Å². The van der Waals surface area contributed by atoms with Gasteiger partial charge in [0.05, 0.1) is 0 Å². The van der Waals surface area contributed by atoms with Crippen molar-refractivity contribution in [3.63, 3.8) is 0 Å². The van der Waals surface area contributed by atoms with Crippen LogP contribution in [0.15, 0.2) is 76.8 Å². The van der Waals surface area contributed by atoms with E-state index < -0.39 is 5.91 Å². The Hall–Kier alpha value is -3.07. The molecule has 4 nitrogen and oxygen atoms in total. The van der Waals surface area contributed by atoms with Crippen LogP contribution in [0.5, 0.6) is 5.75 Å². The average molecular weight is 496 g/mol. The van der Waals surface area contributed by atoms with Crippen molar-refractivity contribution in [3.8, 4) is 11.8 Å². The van der Waals surface area contributed by atoms with E-state index in [0.29, 0.717) is 28.6 Å². The summed E-state index contributed by atoms with van der Waals surface area (Å²) in [4.78, 5) is 12.6. The van der Waals surface area contributed by atoms with Crippen molar-refractivity contribution in [2.24, 2.45) is 0 Å². The molecule has 3 aromatic carbocycles. The number of halogens is 2. The van der Waals surface area contributed by atoms with Crippen LogP contribution in [0.4, 0.5) is 5.69 Å². The summed E-state index contributed by atoms with van der Waals surface area (Å²) in [5.41, 5.74) is 3.29. The molecule has 0 heterocycles. The minimum absolute atomic E-state index is 0.0460. The van der Waals surface area contributed by atoms with E-state index in [9.17, 15) is 10.1 Å². The molecule has 0 aliphatic carbocycles. The highest BCUT2D eigenvalue weighted by Crippen LogP contribution is 2.27. The van der Waals surface area contributed by atoms with Crippen molar-refractivity contribution < 1.29 is 9.53 Å². The number of hydrogen-bond donors (Lipinski definition) is 1. The lowest BCUT2D eigenvalue weighted by molar-refractivity contribution is -0.112. The fraction of sp³-hybridized carbons (Fsp3) is 0.120. The number of nitrogens with one attached hydrogen (secondary N) is 1. The minimum Gasteiger partial charge on any atom is -0.488 e. The Bertz CT molecular complexity index is 1130. The van der Waals surface area contributed by atoms with E-state index in [1.165, 1.54) is 11.6 Å². The topological polar surface area (TPSA) is 62.1 Å². The van der Waals surface area contributed by atoms with Gasteiger partial charge in [0.1, 0.15) is 24.0 Å². The molecular weight excluding hydrogens is 476 g/mol. The highest BCUT2D eigenvalue weighted by atomic mass is 79.9. The Morgan fingerprint density at radius 2 is 1.77 bits per heavy atom. The molecule has 0 aromatic heterocycles. The molecule has 0 saturated carbocycles. The van der Waals surface area contributed by atoms with Gasteiger partial charge in [0.15, 0.2) is 0 Å².